The lowest BCUT2D eigenvalue weighted by atomic mass is 9.98. The van der Waals surface area contributed by atoms with E-state index in [1.54, 1.807) is 4.90 Å². The summed E-state index contributed by atoms with van der Waals surface area (Å²) in [6.07, 6.45) is 0.372. The Kier molecular flexibility index (Phi) is 9.82. The van der Waals surface area contributed by atoms with Crippen molar-refractivity contribution in [3.8, 4) is 11.1 Å². The Morgan fingerprint density at radius 1 is 0.938 bits per heavy atom. The molecule has 1 aliphatic heterocycles. The fourth-order valence-electron chi connectivity index (χ4n) is 4.35. The van der Waals surface area contributed by atoms with Gasteiger partial charge in [-0.15, -0.1) is 24.8 Å². The van der Waals surface area contributed by atoms with Gasteiger partial charge in [-0.2, -0.15) is 0 Å². The summed E-state index contributed by atoms with van der Waals surface area (Å²) in [7, 11) is 0. The van der Waals surface area contributed by atoms with E-state index >= 15 is 0 Å². The van der Waals surface area contributed by atoms with Gasteiger partial charge in [0.25, 0.3) is 0 Å². The number of hydrogen-bond donors (Lipinski definition) is 1. The zero-order valence-corrected chi connectivity index (χ0v) is 19.9. The number of carbonyl (C=O) groups is 1. The van der Waals surface area contributed by atoms with Crippen molar-refractivity contribution < 1.29 is 14.3 Å². The highest BCUT2D eigenvalue weighted by Gasteiger charge is 2.30. The van der Waals surface area contributed by atoms with Crippen molar-refractivity contribution in [1.82, 2.24) is 9.80 Å². The predicted molar refractivity (Wildman–Crippen MR) is 132 cm³/mol. The van der Waals surface area contributed by atoms with E-state index in [1.807, 2.05) is 19.1 Å². The van der Waals surface area contributed by atoms with Crippen LogP contribution in [0.2, 0.25) is 0 Å². The minimum Gasteiger partial charge on any atom is -0.481 e. The van der Waals surface area contributed by atoms with Crippen LogP contribution in [0.4, 0.5) is 4.79 Å². The van der Waals surface area contributed by atoms with E-state index in [0.717, 1.165) is 19.6 Å². The second-order valence-corrected chi connectivity index (χ2v) is 7.74. The van der Waals surface area contributed by atoms with Gasteiger partial charge in [-0.3, -0.25) is 10.3 Å². The van der Waals surface area contributed by atoms with Gasteiger partial charge in [0, 0.05) is 45.1 Å². The van der Waals surface area contributed by atoms with Crippen molar-refractivity contribution in [2.75, 3.05) is 45.9 Å². The molecule has 0 atom stereocenters. The molecule has 1 N–H and O–H groups in total. The number of carbonyl (C=O) groups excluding carboxylic acids is 1. The molecule has 0 saturated carbocycles. The Balaban J connectivity index is 0.00000181. The average Bonchev–Trinajstić information content (AvgIpc) is 3.10. The maximum absolute atomic E-state index is 12.7. The number of piperazine rings is 1. The molecule has 1 aliphatic carbocycles. The second-order valence-electron chi connectivity index (χ2n) is 7.74. The Morgan fingerprint density at radius 2 is 1.50 bits per heavy atom. The third-order valence-corrected chi connectivity index (χ3v) is 5.94. The molecule has 0 radical (unpaired) electrons. The van der Waals surface area contributed by atoms with Crippen molar-refractivity contribution in [3.63, 3.8) is 0 Å². The number of hydrogen-bond acceptors (Lipinski definition) is 5. The Hall–Kier alpha value is -2.28. The van der Waals surface area contributed by atoms with Crippen LogP contribution in [-0.2, 0) is 9.47 Å². The van der Waals surface area contributed by atoms with Gasteiger partial charge in [0.1, 0.15) is 6.61 Å². The first-order valence-corrected chi connectivity index (χ1v) is 10.7. The maximum atomic E-state index is 12.7. The molecular weight excluding hydrogens is 449 g/mol. The monoisotopic (exact) mass is 479 g/mol. The van der Waals surface area contributed by atoms with E-state index in [-0.39, 0.29) is 36.8 Å². The Morgan fingerprint density at radius 3 is 2.06 bits per heavy atom. The van der Waals surface area contributed by atoms with Crippen molar-refractivity contribution in [3.05, 3.63) is 59.7 Å². The summed E-state index contributed by atoms with van der Waals surface area (Å²) in [5.74, 6) is 0.420. The third kappa shape index (κ3) is 5.74. The van der Waals surface area contributed by atoms with E-state index in [4.69, 9.17) is 14.9 Å². The van der Waals surface area contributed by atoms with Gasteiger partial charge in [0.2, 0.25) is 0 Å². The molecule has 1 heterocycles. The number of amides is 1. The maximum Gasteiger partial charge on any atom is 0.409 e. The summed E-state index contributed by atoms with van der Waals surface area (Å²) in [6.45, 7) is 6.47. The van der Waals surface area contributed by atoms with Crippen molar-refractivity contribution in [2.24, 2.45) is 0 Å². The third-order valence-electron chi connectivity index (χ3n) is 5.94. The first-order valence-electron chi connectivity index (χ1n) is 10.7. The van der Waals surface area contributed by atoms with Gasteiger partial charge >= 0.3 is 6.09 Å². The molecule has 8 heteroatoms. The summed E-state index contributed by atoms with van der Waals surface area (Å²) in [5, 5.41) is 7.72. The summed E-state index contributed by atoms with van der Waals surface area (Å²) < 4.78 is 11.0. The highest BCUT2D eigenvalue weighted by Crippen LogP contribution is 2.44. The highest BCUT2D eigenvalue weighted by atomic mass is 35.5. The lowest BCUT2D eigenvalue weighted by molar-refractivity contribution is 0.0748. The molecule has 2 aromatic carbocycles. The normalized spacial score (nSPS) is 15.1. The molecule has 2 aliphatic rings. The van der Waals surface area contributed by atoms with Crippen LogP contribution in [0.5, 0.6) is 0 Å². The number of nitrogens with zero attached hydrogens (tertiary/aromatic N) is 2. The van der Waals surface area contributed by atoms with E-state index in [0.29, 0.717) is 38.6 Å². The van der Waals surface area contributed by atoms with Crippen LogP contribution < -0.4 is 0 Å². The average molecular weight is 480 g/mol. The second kappa shape index (κ2) is 12.1. The van der Waals surface area contributed by atoms with Gasteiger partial charge in [0.05, 0.1) is 6.61 Å². The van der Waals surface area contributed by atoms with Gasteiger partial charge < -0.3 is 14.4 Å². The van der Waals surface area contributed by atoms with E-state index in [1.165, 1.54) is 22.3 Å². The first kappa shape index (κ1) is 26.0. The van der Waals surface area contributed by atoms with Crippen LogP contribution >= 0.6 is 24.8 Å². The lowest BCUT2D eigenvalue weighted by Gasteiger charge is -2.34. The molecule has 0 unspecified atom stereocenters. The van der Waals surface area contributed by atoms with Gasteiger partial charge in [-0.05, 0) is 29.2 Å². The topological polar surface area (TPSA) is 65.9 Å². The van der Waals surface area contributed by atoms with Crippen LogP contribution in [0.3, 0.4) is 0 Å². The molecule has 32 heavy (non-hydrogen) atoms. The summed E-state index contributed by atoms with van der Waals surface area (Å²) in [4.78, 5) is 16.7. The van der Waals surface area contributed by atoms with E-state index in [2.05, 4.69) is 41.3 Å². The zero-order chi connectivity index (χ0) is 20.9. The zero-order valence-electron chi connectivity index (χ0n) is 18.3. The molecule has 2 aromatic rings. The molecule has 0 aromatic heterocycles. The van der Waals surface area contributed by atoms with Gasteiger partial charge in [-0.25, -0.2) is 4.79 Å². The number of nitrogens with one attached hydrogen (secondary N) is 1. The Bertz CT molecular complexity index is 871. The predicted octanol–water partition coefficient (Wildman–Crippen LogP) is 4.80. The number of fused-ring (bicyclic) bond motifs is 3. The molecular formula is C24H31Cl2N3O3. The largest absolute Gasteiger partial charge is 0.481 e. The molecule has 6 nitrogen and oxygen atoms in total. The molecule has 0 spiro atoms. The number of ether oxygens (including phenoxy) is 2. The van der Waals surface area contributed by atoms with Crippen LogP contribution in [0.15, 0.2) is 48.5 Å². The quantitative estimate of drug-likeness (QED) is 0.477. The first-order chi connectivity index (χ1) is 14.7. The van der Waals surface area contributed by atoms with Gasteiger partial charge in [-0.1, -0.05) is 48.5 Å². The minimum atomic E-state index is -0.237. The SMILES string of the molecule is CCOC(=N)CCN1CCN(C(=O)OCC2c3ccccc3-c3ccccc32)CC1.Cl.Cl. The number of halogens is 2. The van der Waals surface area contributed by atoms with Crippen LogP contribution in [0.25, 0.3) is 11.1 Å². The molecule has 1 saturated heterocycles. The highest BCUT2D eigenvalue weighted by molar-refractivity contribution is 5.85. The molecule has 174 valence electrons. The molecule has 0 bridgehead atoms. The minimum absolute atomic E-state index is 0. The van der Waals surface area contributed by atoms with Crippen LogP contribution in [-0.4, -0.2) is 67.7 Å². The van der Waals surface area contributed by atoms with Crippen LogP contribution in [0.1, 0.15) is 30.4 Å². The molecule has 1 amide bonds. The van der Waals surface area contributed by atoms with Crippen molar-refractivity contribution in [1.29, 1.82) is 5.41 Å². The number of benzene rings is 2. The van der Waals surface area contributed by atoms with E-state index < -0.39 is 0 Å². The Labute approximate surface area is 202 Å². The standard InChI is InChI=1S/C24H29N3O3.2ClH/c1-2-29-23(25)11-12-26-13-15-27(16-14-26)24(28)30-17-22-20-9-5-3-7-18(20)19-8-4-6-10-21(19)22;;/h3-10,22,25H,2,11-17H2,1H3;2*1H. The van der Waals surface area contributed by atoms with Gasteiger partial charge in [0.15, 0.2) is 5.90 Å². The smallest absolute Gasteiger partial charge is 0.409 e. The molecule has 4 rings (SSSR count). The van der Waals surface area contributed by atoms with Crippen molar-refractivity contribution in [2.45, 2.75) is 19.3 Å². The van der Waals surface area contributed by atoms with Crippen LogP contribution in [0, 0.1) is 5.41 Å². The summed E-state index contributed by atoms with van der Waals surface area (Å²) in [6, 6.07) is 16.7. The summed E-state index contributed by atoms with van der Waals surface area (Å²) >= 11 is 0. The van der Waals surface area contributed by atoms with Crippen molar-refractivity contribution >= 4 is 36.8 Å². The fraction of sp³-hybridized carbons (Fsp3) is 0.417. The number of rotatable bonds is 6. The molecule has 1 fully saturated rings. The van der Waals surface area contributed by atoms with E-state index in [9.17, 15) is 4.79 Å². The fourth-order valence-corrected chi connectivity index (χ4v) is 4.35. The summed E-state index contributed by atoms with van der Waals surface area (Å²) in [5.41, 5.74) is 4.93. The lowest BCUT2D eigenvalue weighted by Crippen LogP contribution is -2.49.